The zero-order chi connectivity index (χ0) is 68.1. The molecule has 0 saturated carbocycles. The summed E-state index contributed by atoms with van der Waals surface area (Å²) in [4.78, 5) is 26.4. The van der Waals surface area contributed by atoms with Crippen LogP contribution in [0.25, 0.3) is 0 Å². The van der Waals surface area contributed by atoms with Gasteiger partial charge < -0.3 is 46.1 Å². The number of esters is 1. The lowest BCUT2D eigenvalue weighted by Gasteiger charge is -2.59. The fraction of sp³-hybridized carbons (Fsp3) is 0.890. The molecule has 2 aliphatic rings. The molecule has 0 aliphatic carbocycles. The average molecular weight is 1290 g/mol. The van der Waals surface area contributed by atoms with Gasteiger partial charge in [0, 0.05) is 101 Å². The fourth-order valence-electron chi connectivity index (χ4n) is 17.6. The number of ketones is 1. The number of carbonyl (C=O) groups excluding carboxylic acids is 2. The first-order valence-electron chi connectivity index (χ1n) is 34.3. The molecule has 516 valence electrons. The first-order valence-corrected chi connectivity index (χ1v) is 40.2. The Labute approximate surface area is 545 Å². The smallest absolute Gasteiger partial charge is 0.349 e. The lowest BCUT2D eigenvalue weighted by atomic mass is 9.78. The molecule has 15 atom stereocenters. The molecular weight excluding hydrogens is 1150 g/mol. The van der Waals surface area contributed by atoms with Crippen molar-refractivity contribution in [3.8, 4) is 0 Å². The van der Waals surface area contributed by atoms with Gasteiger partial charge in [0.25, 0.3) is 0 Å². The van der Waals surface area contributed by atoms with Crippen LogP contribution >= 0.6 is 0 Å². The van der Waals surface area contributed by atoms with Crippen LogP contribution in [0.1, 0.15) is 245 Å². The highest BCUT2D eigenvalue weighted by molar-refractivity contribution is 6.82. The van der Waals surface area contributed by atoms with Crippen LogP contribution in [0.5, 0.6) is 0 Å². The van der Waals surface area contributed by atoms with E-state index < -0.39 is 25.2 Å². The van der Waals surface area contributed by atoms with Crippen molar-refractivity contribution < 1.29 is 55.7 Å². The third kappa shape index (κ3) is 20.3. The molecule has 0 radical (unpaired) electrons. The van der Waals surface area contributed by atoms with E-state index in [0.717, 1.165) is 18.4 Å². The van der Waals surface area contributed by atoms with E-state index in [0.29, 0.717) is 61.8 Å². The number of methoxy groups -OCH3 is 5. The van der Waals surface area contributed by atoms with Gasteiger partial charge in [-0.3, -0.25) is 4.79 Å². The Balaban J connectivity index is 2.44. The summed E-state index contributed by atoms with van der Waals surface area (Å²) in [5.74, 6) is -0.133. The van der Waals surface area contributed by atoms with E-state index in [4.69, 9.17) is 46.1 Å². The molecule has 0 aromatic heterocycles. The van der Waals surface area contributed by atoms with E-state index in [1.165, 1.54) is 13.2 Å². The Morgan fingerprint density at radius 2 is 1.17 bits per heavy atom. The highest BCUT2D eigenvalue weighted by Gasteiger charge is 2.65. The Bertz CT molecular complexity index is 2100. The Morgan fingerprint density at radius 1 is 0.659 bits per heavy atom. The molecular formula is C73H140O12Si3. The van der Waals surface area contributed by atoms with Gasteiger partial charge >= 0.3 is 14.5 Å². The Hall–Kier alpha value is -1.35. The second-order valence-electron chi connectivity index (χ2n) is 33.5. The van der Waals surface area contributed by atoms with E-state index in [1.54, 1.807) is 7.11 Å². The van der Waals surface area contributed by atoms with Crippen LogP contribution in [0.3, 0.4) is 0 Å². The van der Waals surface area contributed by atoms with E-state index in [-0.39, 0.29) is 127 Å². The minimum Gasteiger partial charge on any atom is -0.466 e. The van der Waals surface area contributed by atoms with Gasteiger partial charge in [0.2, 0.25) is 8.32 Å². The number of hydrogen-bond donors (Lipinski definition) is 0. The predicted molar refractivity (Wildman–Crippen MR) is 375 cm³/mol. The zero-order valence-corrected chi connectivity index (χ0v) is 66.0. The summed E-state index contributed by atoms with van der Waals surface area (Å²) in [6.07, 6.45) is 14.1. The molecule has 1 fully saturated rings. The van der Waals surface area contributed by atoms with Crippen molar-refractivity contribution in [2.75, 3.05) is 42.2 Å². The maximum absolute atomic E-state index is 14.4. The van der Waals surface area contributed by atoms with Gasteiger partial charge in [-0.15, -0.1) is 0 Å². The van der Waals surface area contributed by atoms with Crippen LogP contribution in [0, 0.1) is 35.5 Å². The molecule has 0 N–H and O–H groups in total. The van der Waals surface area contributed by atoms with Crippen molar-refractivity contribution in [3.63, 3.8) is 0 Å². The standard InChI is InChI=1S/C73H140O12Si3/c1-48(2)86(49(3)4,50(5)6)81-44-43-53(9)66(80-33)54(10)61(74)41-39-52(8)67-57(13)68(85-88(84-67,72(23,24)25)73(26,27)28)56(12)64(78-31)47-63(77-30)55(11)62(76-29)46-59-36-34-35-58(82-59)45-60(40-37-51(7)38-42-65(75)79-32)83-87(69(14,15)16,70(17,18)19)71(20,21)22/h34-35,37-38,42,48-50,52-60,62-64,66-68H,36,39-41,43-47H2,1-33H3/b42-38+,51-37+/t52-,53+,54-,55-,56-,57-,58-,59-,60+,62-,63-,64-,66-,67-,68-/m0/s1. The van der Waals surface area contributed by atoms with Crippen molar-refractivity contribution in [3.05, 3.63) is 36.0 Å². The molecule has 2 rings (SSSR count). The third-order valence-corrected chi connectivity index (χ3v) is 39.4. The van der Waals surface area contributed by atoms with Crippen molar-refractivity contribution in [2.24, 2.45) is 35.5 Å². The second-order valence-corrected chi connectivity index (χ2v) is 49.7. The van der Waals surface area contributed by atoms with Gasteiger partial charge in [0.1, 0.15) is 5.78 Å². The molecule has 2 aliphatic heterocycles. The molecule has 2 heterocycles. The normalized spacial score (nSPS) is 24.1. The topological polar surface area (TPSA) is 126 Å². The number of allylic oxidation sites excluding steroid dienone is 2. The summed E-state index contributed by atoms with van der Waals surface area (Å²) in [5, 5.41) is -0.753. The van der Waals surface area contributed by atoms with Gasteiger partial charge in [-0.05, 0) is 76.2 Å². The summed E-state index contributed by atoms with van der Waals surface area (Å²) in [6.45, 7) is 65.1. The van der Waals surface area contributed by atoms with Gasteiger partial charge in [0.15, 0.2) is 8.32 Å². The molecule has 0 unspecified atom stereocenters. The van der Waals surface area contributed by atoms with E-state index in [2.05, 4.69) is 205 Å². The quantitative estimate of drug-likeness (QED) is 0.0200. The number of ether oxygens (including phenoxy) is 6. The fourth-order valence-corrected chi connectivity index (χ4v) is 37.0. The van der Waals surface area contributed by atoms with Crippen LogP contribution in [0.2, 0.25) is 41.8 Å². The van der Waals surface area contributed by atoms with Crippen LogP contribution in [-0.2, 0) is 55.7 Å². The van der Waals surface area contributed by atoms with E-state index in [9.17, 15) is 9.59 Å². The van der Waals surface area contributed by atoms with E-state index >= 15 is 0 Å². The minimum atomic E-state index is -3.06. The van der Waals surface area contributed by atoms with Gasteiger partial charge in [0.05, 0.1) is 62.0 Å². The Kier molecular flexibility index (Phi) is 32.3. The summed E-state index contributed by atoms with van der Waals surface area (Å²) in [7, 11) is 0.917. The molecule has 15 heteroatoms. The minimum absolute atomic E-state index is 0.000135. The van der Waals surface area contributed by atoms with Crippen molar-refractivity contribution in [1.82, 2.24) is 0 Å². The monoisotopic (exact) mass is 1290 g/mol. The first-order chi connectivity index (χ1) is 40.3. The number of hydrogen-bond acceptors (Lipinski definition) is 12. The summed E-state index contributed by atoms with van der Waals surface area (Å²) in [6, 6.07) is 0. The van der Waals surface area contributed by atoms with Gasteiger partial charge in [-0.2, -0.15) is 0 Å². The summed E-state index contributed by atoms with van der Waals surface area (Å²) in [5.41, 5.74) is 2.54. The van der Waals surface area contributed by atoms with Crippen LogP contribution in [0.15, 0.2) is 36.0 Å². The summed E-state index contributed by atoms with van der Waals surface area (Å²) >= 11 is 0. The van der Waals surface area contributed by atoms with Crippen molar-refractivity contribution in [2.45, 2.75) is 342 Å². The maximum atomic E-state index is 14.4. The molecule has 1 saturated heterocycles. The summed E-state index contributed by atoms with van der Waals surface area (Å²) < 4.78 is 67.7. The van der Waals surface area contributed by atoms with Gasteiger partial charge in [-0.25, -0.2) is 4.79 Å². The molecule has 0 aromatic rings. The second kappa shape index (κ2) is 34.4. The largest absolute Gasteiger partial charge is 0.466 e. The molecule has 0 spiro atoms. The van der Waals surface area contributed by atoms with Crippen molar-refractivity contribution >= 4 is 36.9 Å². The Morgan fingerprint density at radius 3 is 1.62 bits per heavy atom. The lowest BCUT2D eigenvalue weighted by Crippen LogP contribution is -2.68. The molecule has 12 nitrogen and oxygen atoms in total. The third-order valence-electron chi connectivity index (χ3n) is 21.1. The van der Waals surface area contributed by atoms with E-state index in [1.807, 2.05) is 34.3 Å². The number of Topliss-reactive ketones (excluding diaryl/α,β-unsaturated/α-hetero) is 1. The van der Waals surface area contributed by atoms with Crippen LogP contribution in [-0.4, -0.2) is 134 Å². The molecule has 88 heavy (non-hydrogen) atoms. The van der Waals surface area contributed by atoms with Gasteiger partial charge in [-0.1, -0.05) is 217 Å². The molecule has 0 amide bonds. The highest BCUT2D eigenvalue weighted by Crippen LogP contribution is 2.63. The average Bonchev–Trinajstić information content (AvgIpc) is 0.839. The maximum Gasteiger partial charge on any atom is 0.349 e. The van der Waals surface area contributed by atoms with Crippen molar-refractivity contribution in [1.29, 1.82) is 0 Å². The number of rotatable bonds is 34. The van der Waals surface area contributed by atoms with Crippen LogP contribution in [0.4, 0.5) is 0 Å². The SMILES string of the molecule is COC(=O)/C=C/C(C)=C/C[C@H](C[C@@H]1C=CC[C@@H](C[C@H](OC)[C@H](C)[C@H](C[C@H](OC)[C@H](C)[C@@H]2O[Si](C(C)(C)C)(C(C)(C)C)O[C@@H]([C@@H](C)CCC(=O)[C@H](C)[C@@H](OC)[C@H](C)CCO[Si](C(C)C)(C(C)C)C(C)C)[C@@H]2C)OC)O1)O[Si](C(C)(C)C)(C(C)(C)C)C(C)(C)C. The molecule has 0 aromatic carbocycles. The zero-order valence-electron chi connectivity index (χ0n) is 63.0. The lowest BCUT2D eigenvalue weighted by molar-refractivity contribution is -0.136. The molecule has 0 bridgehead atoms. The highest BCUT2D eigenvalue weighted by atomic mass is 28.4. The van der Waals surface area contributed by atoms with Crippen LogP contribution < -0.4 is 0 Å². The first kappa shape index (κ1) is 82.7. The number of carbonyl (C=O) groups is 2. The predicted octanol–water partition coefficient (Wildman–Crippen LogP) is 19.3.